The van der Waals surface area contributed by atoms with E-state index in [1.807, 2.05) is 19.1 Å². The van der Waals surface area contributed by atoms with Gasteiger partial charge in [0.25, 0.3) is 0 Å². The van der Waals surface area contributed by atoms with Crippen molar-refractivity contribution in [1.29, 1.82) is 0 Å². The van der Waals surface area contributed by atoms with E-state index in [0.29, 0.717) is 23.9 Å². The maximum Gasteiger partial charge on any atom is 0.238 e. The number of hydrogen-bond acceptors (Lipinski definition) is 4. The molecule has 0 amide bonds. The molecule has 0 heterocycles. The molecule has 0 fully saturated rings. The number of ether oxygens (including phenoxy) is 2. The first-order chi connectivity index (χ1) is 9.49. The number of rotatable bonds is 5. The van der Waals surface area contributed by atoms with Crippen LogP contribution in [0.2, 0.25) is 0 Å². The zero-order valence-electron chi connectivity index (χ0n) is 10.9. The van der Waals surface area contributed by atoms with Crippen LogP contribution < -0.4 is 14.6 Å². The highest BCUT2D eigenvalue weighted by molar-refractivity contribution is 7.89. The Morgan fingerprint density at radius 2 is 1.65 bits per heavy atom. The molecule has 0 radical (unpaired) electrons. The molecule has 0 atom stereocenters. The molecule has 106 valence electrons. The average Bonchev–Trinajstić information content (AvgIpc) is 2.39. The fraction of sp³-hybridized carbons (Fsp3) is 0.143. The van der Waals surface area contributed by atoms with Crippen LogP contribution in [0.15, 0.2) is 53.4 Å². The first kappa shape index (κ1) is 14.4. The van der Waals surface area contributed by atoms with Crippen LogP contribution in [0.25, 0.3) is 0 Å². The highest BCUT2D eigenvalue weighted by Crippen LogP contribution is 2.25. The second-order valence-electron chi connectivity index (χ2n) is 4.03. The second-order valence-corrected chi connectivity index (χ2v) is 5.59. The fourth-order valence-electron chi connectivity index (χ4n) is 1.63. The van der Waals surface area contributed by atoms with Crippen molar-refractivity contribution in [3.63, 3.8) is 0 Å². The van der Waals surface area contributed by atoms with Crippen LogP contribution in [0.3, 0.4) is 0 Å². The van der Waals surface area contributed by atoms with Gasteiger partial charge in [0.1, 0.15) is 17.2 Å². The maximum absolute atomic E-state index is 11.1. The van der Waals surface area contributed by atoms with Crippen LogP contribution in [0, 0.1) is 0 Å². The third-order valence-electron chi connectivity index (χ3n) is 2.50. The van der Waals surface area contributed by atoms with Gasteiger partial charge in [0.05, 0.1) is 11.5 Å². The lowest BCUT2D eigenvalue weighted by atomic mass is 10.3. The molecule has 6 heteroatoms. The third-order valence-corrected chi connectivity index (χ3v) is 3.43. The summed E-state index contributed by atoms with van der Waals surface area (Å²) in [5, 5.41) is 5.03. The lowest BCUT2D eigenvalue weighted by molar-refractivity contribution is 0.338. The predicted molar refractivity (Wildman–Crippen MR) is 75.5 cm³/mol. The van der Waals surface area contributed by atoms with Gasteiger partial charge in [0, 0.05) is 6.07 Å². The first-order valence-electron chi connectivity index (χ1n) is 6.02. The number of benzene rings is 2. The van der Waals surface area contributed by atoms with Crippen molar-refractivity contribution in [1.82, 2.24) is 0 Å². The maximum atomic E-state index is 11.1. The molecule has 0 aliphatic rings. The van der Waals surface area contributed by atoms with E-state index < -0.39 is 10.0 Å². The summed E-state index contributed by atoms with van der Waals surface area (Å²) < 4.78 is 33.3. The van der Waals surface area contributed by atoms with Crippen LogP contribution in [0.4, 0.5) is 0 Å². The van der Waals surface area contributed by atoms with Crippen molar-refractivity contribution in [2.75, 3.05) is 6.61 Å². The van der Waals surface area contributed by atoms with E-state index in [0.717, 1.165) is 0 Å². The fourth-order valence-corrected chi connectivity index (χ4v) is 2.14. The third kappa shape index (κ3) is 3.72. The monoisotopic (exact) mass is 293 g/mol. The molecule has 0 saturated carbocycles. The molecule has 0 spiro atoms. The smallest absolute Gasteiger partial charge is 0.238 e. The molecule has 0 aromatic heterocycles. The van der Waals surface area contributed by atoms with Crippen LogP contribution in [0.5, 0.6) is 17.2 Å². The van der Waals surface area contributed by atoms with Crippen molar-refractivity contribution < 1.29 is 17.9 Å². The van der Waals surface area contributed by atoms with Crippen molar-refractivity contribution in [2.45, 2.75) is 11.8 Å². The summed E-state index contributed by atoms with van der Waals surface area (Å²) in [4.78, 5) is 0.0490. The zero-order valence-corrected chi connectivity index (χ0v) is 11.8. The molecule has 2 N–H and O–H groups in total. The van der Waals surface area contributed by atoms with Gasteiger partial charge in [-0.25, -0.2) is 13.6 Å². The Bertz CT molecular complexity index is 681. The van der Waals surface area contributed by atoms with Gasteiger partial charge in [-0.1, -0.05) is 6.07 Å². The first-order valence-corrected chi connectivity index (χ1v) is 7.57. The minimum atomic E-state index is -3.68. The van der Waals surface area contributed by atoms with Crippen LogP contribution in [-0.4, -0.2) is 15.0 Å². The standard InChI is InChI=1S/C14H15NO4S/c1-2-18-12-4-3-5-13(10-12)19-11-6-8-14(9-7-11)20(15,16)17/h3-10H,2H2,1H3,(H2,15,16,17). The Labute approximate surface area is 118 Å². The largest absolute Gasteiger partial charge is 0.494 e. The SMILES string of the molecule is CCOc1cccc(Oc2ccc(S(N)(=O)=O)cc2)c1. The van der Waals surface area contributed by atoms with Gasteiger partial charge >= 0.3 is 0 Å². The second kappa shape index (κ2) is 5.94. The summed E-state index contributed by atoms with van der Waals surface area (Å²) in [5.41, 5.74) is 0. The van der Waals surface area contributed by atoms with E-state index >= 15 is 0 Å². The quantitative estimate of drug-likeness (QED) is 0.918. The van der Waals surface area contributed by atoms with Gasteiger partial charge in [-0.3, -0.25) is 0 Å². The Hall–Kier alpha value is -2.05. The molecule has 2 rings (SSSR count). The number of sulfonamides is 1. The normalized spacial score (nSPS) is 11.1. The van der Waals surface area contributed by atoms with Crippen LogP contribution >= 0.6 is 0 Å². The van der Waals surface area contributed by atoms with E-state index in [9.17, 15) is 8.42 Å². The summed E-state index contributed by atoms with van der Waals surface area (Å²) >= 11 is 0. The van der Waals surface area contributed by atoms with Gasteiger partial charge in [-0.15, -0.1) is 0 Å². The topological polar surface area (TPSA) is 78.6 Å². The van der Waals surface area contributed by atoms with Gasteiger partial charge in [-0.2, -0.15) is 0 Å². The molecule has 0 unspecified atom stereocenters. The minimum absolute atomic E-state index is 0.0490. The molecule has 0 saturated heterocycles. The van der Waals surface area contributed by atoms with Gasteiger partial charge in [-0.05, 0) is 43.3 Å². The van der Waals surface area contributed by atoms with Crippen LogP contribution in [-0.2, 0) is 10.0 Å². The molecular formula is C14H15NO4S. The predicted octanol–water partition coefficient (Wildman–Crippen LogP) is 2.53. The van der Waals surface area contributed by atoms with E-state index in [2.05, 4.69) is 0 Å². The highest BCUT2D eigenvalue weighted by atomic mass is 32.2. The van der Waals surface area contributed by atoms with E-state index in [1.54, 1.807) is 24.3 Å². The molecule has 0 aliphatic carbocycles. The molecule has 5 nitrogen and oxygen atoms in total. The lowest BCUT2D eigenvalue weighted by Gasteiger charge is -2.08. The highest BCUT2D eigenvalue weighted by Gasteiger charge is 2.07. The lowest BCUT2D eigenvalue weighted by Crippen LogP contribution is -2.11. The number of nitrogens with two attached hydrogens (primary N) is 1. The van der Waals surface area contributed by atoms with Crippen LogP contribution in [0.1, 0.15) is 6.92 Å². The summed E-state index contributed by atoms with van der Waals surface area (Å²) in [6.07, 6.45) is 0. The Morgan fingerprint density at radius 1 is 1.00 bits per heavy atom. The van der Waals surface area contributed by atoms with Gasteiger partial charge < -0.3 is 9.47 Å². The average molecular weight is 293 g/mol. The Morgan fingerprint density at radius 3 is 2.25 bits per heavy atom. The van der Waals surface area contributed by atoms with E-state index in [1.165, 1.54) is 12.1 Å². The van der Waals surface area contributed by atoms with Crippen molar-refractivity contribution in [3.05, 3.63) is 48.5 Å². The van der Waals surface area contributed by atoms with E-state index in [4.69, 9.17) is 14.6 Å². The summed E-state index contributed by atoms with van der Waals surface area (Å²) in [7, 11) is -3.68. The van der Waals surface area contributed by atoms with E-state index in [-0.39, 0.29) is 4.90 Å². The molecular weight excluding hydrogens is 278 g/mol. The summed E-state index contributed by atoms with van der Waals surface area (Å²) in [5.74, 6) is 1.84. The zero-order chi connectivity index (χ0) is 14.6. The molecule has 2 aromatic rings. The summed E-state index contributed by atoms with van der Waals surface area (Å²) in [6, 6.07) is 13.1. The summed E-state index contributed by atoms with van der Waals surface area (Å²) in [6.45, 7) is 2.48. The van der Waals surface area contributed by atoms with Crippen molar-refractivity contribution in [3.8, 4) is 17.2 Å². The Balaban J connectivity index is 2.16. The van der Waals surface area contributed by atoms with Crippen molar-refractivity contribution in [2.24, 2.45) is 5.14 Å². The van der Waals surface area contributed by atoms with Crippen molar-refractivity contribution >= 4 is 10.0 Å². The molecule has 20 heavy (non-hydrogen) atoms. The van der Waals surface area contributed by atoms with Gasteiger partial charge in [0.15, 0.2) is 0 Å². The minimum Gasteiger partial charge on any atom is -0.494 e. The number of primary sulfonamides is 1. The molecule has 0 aliphatic heterocycles. The molecule has 0 bridgehead atoms. The number of hydrogen-bond donors (Lipinski definition) is 1. The Kier molecular flexibility index (Phi) is 4.26. The van der Waals surface area contributed by atoms with Gasteiger partial charge in [0.2, 0.25) is 10.0 Å². The molecule has 2 aromatic carbocycles.